The van der Waals surface area contributed by atoms with Crippen molar-refractivity contribution >= 4 is 0 Å². The van der Waals surface area contributed by atoms with Crippen LogP contribution in [-0.4, -0.2) is 12.2 Å². The minimum Gasteiger partial charge on any atom is -0.497 e. The molecule has 0 radical (unpaired) electrons. The topological polar surface area (TPSA) is 29.5 Å². The van der Waals surface area contributed by atoms with Crippen molar-refractivity contribution in [2.24, 2.45) is 0 Å². The van der Waals surface area contributed by atoms with E-state index >= 15 is 0 Å². The number of aryl methyl sites for hydroxylation is 3. The van der Waals surface area contributed by atoms with Crippen molar-refractivity contribution < 1.29 is 9.84 Å². The van der Waals surface area contributed by atoms with Crippen LogP contribution in [0.15, 0.2) is 36.4 Å². The van der Waals surface area contributed by atoms with Crippen molar-refractivity contribution in [1.82, 2.24) is 0 Å². The van der Waals surface area contributed by atoms with Crippen LogP contribution < -0.4 is 4.74 Å². The zero-order valence-corrected chi connectivity index (χ0v) is 13.5. The Balaban J connectivity index is 2.32. The smallest absolute Gasteiger partial charge is 0.118 e. The van der Waals surface area contributed by atoms with Crippen LogP contribution in [0.25, 0.3) is 0 Å². The van der Waals surface area contributed by atoms with Gasteiger partial charge >= 0.3 is 0 Å². The van der Waals surface area contributed by atoms with Crippen LogP contribution in [0.5, 0.6) is 5.75 Å². The zero-order chi connectivity index (χ0) is 15.6. The van der Waals surface area contributed by atoms with Crippen LogP contribution >= 0.6 is 0 Å². The van der Waals surface area contributed by atoms with Gasteiger partial charge in [-0.05, 0) is 62.1 Å². The average Bonchev–Trinajstić information content (AvgIpc) is 2.43. The summed E-state index contributed by atoms with van der Waals surface area (Å²) in [6, 6.07) is 12.0. The highest BCUT2D eigenvalue weighted by molar-refractivity contribution is 5.40. The molecule has 2 rings (SSSR count). The third kappa shape index (κ3) is 3.45. The third-order valence-corrected chi connectivity index (χ3v) is 4.07. The summed E-state index contributed by atoms with van der Waals surface area (Å²) >= 11 is 0. The second-order valence-corrected chi connectivity index (χ2v) is 6.06. The van der Waals surface area contributed by atoms with Gasteiger partial charge in [0.25, 0.3) is 0 Å². The largest absolute Gasteiger partial charge is 0.497 e. The molecule has 2 nitrogen and oxygen atoms in total. The second-order valence-electron chi connectivity index (χ2n) is 6.06. The van der Waals surface area contributed by atoms with E-state index in [-0.39, 0.29) is 0 Å². The standard InChI is InChI=1S/C19H24O2/c1-13-10-14(2)18(15(3)11-13)12-19(4,20)16-6-8-17(21-5)9-7-16/h6-11,20H,12H2,1-5H3. The summed E-state index contributed by atoms with van der Waals surface area (Å²) in [6.07, 6.45) is 0.608. The minimum atomic E-state index is -0.892. The van der Waals surface area contributed by atoms with Crippen LogP contribution in [-0.2, 0) is 12.0 Å². The Bertz CT molecular complexity index is 602. The average molecular weight is 284 g/mol. The van der Waals surface area contributed by atoms with E-state index in [1.165, 1.54) is 22.3 Å². The van der Waals surface area contributed by atoms with Gasteiger partial charge in [0.1, 0.15) is 5.75 Å². The maximum Gasteiger partial charge on any atom is 0.118 e. The summed E-state index contributed by atoms with van der Waals surface area (Å²) < 4.78 is 5.17. The number of benzene rings is 2. The fraction of sp³-hybridized carbons (Fsp3) is 0.368. The van der Waals surface area contributed by atoms with Crippen LogP contribution in [0.4, 0.5) is 0 Å². The molecule has 21 heavy (non-hydrogen) atoms. The highest BCUT2D eigenvalue weighted by atomic mass is 16.5. The zero-order valence-electron chi connectivity index (χ0n) is 13.5. The van der Waals surface area contributed by atoms with Crippen molar-refractivity contribution in [2.45, 2.75) is 39.7 Å². The molecule has 0 fully saturated rings. The Kier molecular flexibility index (Phi) is 4.38. The monoisotopic (exact) mass is 284 g/mol. The lowest BCUT2D eigenvalue weighted by Gasteiger charge is -2.26. The van der Waals surface area contributed by atoms with Gasteiger partial charge in [-0.15, -0.1) is 0 Å². The molecule has 2 heteroatoms. The summed E-state index contributed by atoms with van der Waals surface area (Å²) in [5.41, 5.74) is 4.97. The molecule has 2 aromatic rings. The van der Waals surface area contributed by atoms with E-state index in [1.54, 1.807) is 7.11 Å². The molecule has 0 amide bonds. The fourth-order valence-corrected chi connectivity index (χ4v) is 2.89. The highest BCUT2D eigenvalue weighted by Crippen LogP contribution is 2.30. The fourth-order valence-electron chi connectivity index (χ4n) is 2.89. The Morgan fingerprint density at radius 3 is 2.00 bits per heavy atom. The molecule has 1 unspecified atom stereocenters. The van der Waals surface area contributed by atoms with Crippen LogP contribution in [0.1, 0.15) is 34.7 Å². The maximum atomic E-state index is 10.9. The molecule has 2 aromatic carbocycles. The second kappa shape index (κ2) is 5.90. The molecular weight excluding hydrogens is 260 g/mol. The molecule has 0 aliphatic heterocycles. The third-order valence-electron chi connectivity index (χ3n) is 4.07. The summed E-state index contributed by atoms with van der Waals surface area (Å²) in [6.45, 7) is 8.19. The first-order valence-corrected chi connectivity index (χ1v) is 7.27. The summed E-state index contributed by atoms with van der Waals surface area (Å²) in [5.74, 6) is 0.803. The maximum absolute atomic E-state index is 10.9. The van der Waals surface area contributed by atoms with Gasteiger partial charge in [0.2, 0.25) is 0 Å². The van der Waals surface area contributed by atoms with E-state index in [0.717, 1.165) is 11.3 Å². The van der Waals surface area contributed by atoms with E-state index in [4.69, 9.17) is 4.74 Å². The molecular formula is C19H24O2. The van der Waals surface area contributed by atoms with Crippen LogP contribution in [0.2, 0.25) is 0 Å². The van der Waals surface area contributed by atoms with Crippen molar-refractivity contribution in [3.8, 4) is 5.75 Å². The first kappa shape index (κ1) is 15.6. The predicted octanol–water partition coefficient (Wildman–Crippen LogP) is 4.07. The molecule has 0 aromatic heterocycles. The Morgan fingerprint density at radius 1 is 1.00 bits per heavy atom. The Morgan fingerprint density at radius 2 is 1.52 bits per heavy atom. The van der Waals surface area contributed by atoms with Gasteiger partial charge in [-0.1, -0.05) is 29.8 Å². The molecule has 0 saturated heterocycles. The van der Waals surface area contributed by atoms with E-state index in [9.17, 15) is 5.11 Å². The van der Waals surface area contributed by atoms with Gasteiger partial charge in [-0.25, -0.2) is 0 Å². The molecule has 112 valence electrons. The van der Waals surface area contributed by atoms with Gasteiger partial charge in [-0.2, -0.15) is 0 Å². The van der Waals surface area contributed by atoms with Gasteiger partial charge in [0, 0.05) is 6.42 Å². The van der Waals surface area contributed by atoms with E-state index in [2.05, 4.69) is 32.9 Å². The Hall–Kier alpha value is -1.80. The lowest BCUT2D eigenvalue weighted by atomic mass is 9.85. The minimum absolute atomic E-state index is 0.608. The van der Waals surface area contributed by atoms with Crippen LogP contribution in [0, 0.1) is 20.8 Å². The SMILES string of the molecule is COc1ccc(C(C)(O)Cc2c(C)cc(C)cc2C)cc1. The summed E-state index contributed by atoms with van der Waals surface area (Å²) in [5, 5.41) is 10.9. The van der Waals surface area contributed by atoms with Crippen molar-refractivity contribution in [3.05, 3.63) is 64.2 Å². The molecule has 0 aliphatic rings. The quantitative estimate of drug-likeness (QED) is 0.917. The first-order valence-electron chi connectivity index (χ1n) is 7.27. The first-order chi connectivity index (χ1) is 9.83. The number of hydrogen-bond acceptors (Lipinski definition) is 2. The molecule has 0 heterocycles. The molecule has 0 saturated carbocycles. The van der Waals surface area contributed by atoms with E-state index in [0.29, 0.717) is 6.42 Å². The predicted molar refractivity (Wildman–Crippen MR) is 86.9 cm³/mol. The number of ether oxygens (including phenoxy) is 1. The van der Waals surface area contributed by atoms with Crippen LogP contribution in [0.3, 0.4) is 0 Å². The Labute approximate surface area is 127 Å². The van der Waals surface area contributed by atoms with Crippen molar-refractivity contribution in [1.29, 1.82) is 0 Å². The summed E-state index contributed by atoms with van der Waals surface area (Å²) in [4.78, 5) is 0. The van der Waals surface area contributed by atoms with Gasteiger partial charge in [-0.3, -0.25) is 0 Å². The number of methoxy groups -OCH3 is 1. The molecule has 0 spiro atoms. The van der Waals surface area contributed by atoms with Crippen molar-refractivity contribution in [2.75, 3.05) is 7.11 Å². The molecule has 0 aliphatic carbocycles. The normalized spacial score (nSPS) is 13.8. The van der Waals surface area contributed by atoms with E-state index < -0.39 is 5.60 Å². The van der Waals surface area contributed by atoms with Gasteiger partial charge in [0.05, 0.1) is 12.7 Å². The van der Waals surface area contributed by atoms with Gasteiger partial charge in [0.15, 0.2) is 0 Å². The molecule has 0 bridgehead atoms. The molecule has 1 N–H and O–H groups in total. The molecule has 1 atom stereocenters. The summed E-state index contributed by atoms with van der Waals surface area (Å²) in [7, 11) is 1.65. The van der Waals surface area contributed by atoms with Gasteiger partial charge < -0.3 is 9.84 Å². The highest BCUT2D eigenvalue weighted by Gasteiger charge is 2.25. The van der Waals surface area contributed by atoms with Crippen molar-refractivity contribution in [3.63, 3.8) is 0 Å². The number of rotatable bonds is 4. The number of hydrogen-bond donors (Lipinski definition) is 1. The number of aliphatic hydroxyl groups is 1. The lowest BCUT2D eigenvalue weighted by molar-refractivity contribution is 0.0572. The lowest BCUT2D eigenvalue weighted by Crippen LogP contribution is -2.25. The van der Waals surface area contributed by atoms with E-state index in [1.807, 2.05) is 31.2 Å².